The first-order valence-electron chi connectivity index (χ1n) is 5.88. The van der Waals surface area contributed by atoms with Gasteiger partial charge >= 0.3 is 0 Å². The number of nitrogens with zero attached hydrogens (tertiary/aromatic N) is 1. The smallest absolute Gasteiger partial charge is 0.0669 e. The molecule has 0 saturated carbocycles. The molecular formula is C15H21N. The fourth-order valence-corrected chi connectivity index (χ4v) is 1.79. The van der Waals surface area contributed by atoms with Gasteiger partial charge in [-0.1, -0.05) is 44.7 Å². The molecule has 86 valence electrons. The summed E-state index contributed by atoms with van der Waals surface area (Å²) in [4.78, 5) is 0. The Morgan fingerprint density at radius 1 is 1.50 bits per heavy atom. The SMILES string of the molecule is C=C/C=C1/CCC=C(CC#N)/C1=C/C.CC. The minimum Gasteiger partial charge on any atom is -0.198 e. The lowest BCUT2D eigenvalue weighted by Gasteiger charge is -2.18. The van der Waals surface area contributed by atoms with Crippen LogP contribution in [0.4, 0.5) is 0 Å². The highest BCUT2D eigenvalue weighted by Gasteiger charge is 2.13. The topological polar surface area (TPSA) is 23.8 Å². The predicted molar refractivity (Wildman–Crippen MR) is 70.9 cm³/mol. The maximum Gasteiger partial charge on any atom is 0.0669 e. The second kappa shape index (κ2) is 8.73. The lowest BCUT2D eigenvalue weighted by molar-refractivity contribution is 0.929. The maximum absolute atomic E-state index is 8.69. The highest BCUT2D eigenvalue weighted by atomic mass is 14.3. The average Bonchev–Trinajstić information content (AvgIpc) is 2.33. The summed E-state index contributed by atoms with van der Waals surface area (Å²) in [6.45, 7) is 9.72. The first-order chi connectivity index (χ1) is 7.83. The number of nitriles is 1. The molecule has 0 saturated heterocycles. The molecule has 1 rings (SSSR count). The van der Waals surface area contributed by atoms with Crippen LogP contribution in [0.15, 0.2) is 47.6 Å². The van der Waals surface area contributed by atoms with E-state index in [-0.39, 0.29) is 0 Å². The predicted octanol–water partition coefficient (Wildman–Crippen LogP) is 4.71. The Labute approximate surface area is 99.5 Å². The fourth-order valence-electron chi connectivity index (χ4n) is 1.79. The van der Waals surface area contributed by atoms with Gasteiger partial charge in [-0.2, -0.15) is 5.26 Å². The van der Waals surface area contributed by atoms with Gasteiger partial charge in [0.1, 0.15) is 0 Å². The van der Waals surface area contributed by atoms with E-state index in [1.54, 1.807) is 0 Å². The van der Waals surface area contributed by atoms with Crippen LogP contribution in [0.25, 0.3) is 0 Å². The van der Waals surface area contributed by atoms with Crippen molar-refractivity contribution in [1.82, 2.24) is 0 Å². The van der Waals surface area contributed by atoms with E-state index < -0.39 is 0 Å². The summed E-state index contributed by atoms with van der Waals surface area (Å²) in [5, 5.41) is 8.69. The van der Waals surface area contributed by atoms with Gasteiger partial charge in [0, 0.05) is 0 Å². The number of hydrogen-bond acceptors (Lipinski definition) is 1. The van der Waals surface area contributed by atoms with E-state index in [4.69, 9.17) is 5.26 Å². The van der Waals surface area contributed by atoms with Crippen LogP contribution in [0.5, 0.6) is 0 Å². The highest BCUT2D eigenvalue weighted by Crippen LogP contribution is 2.30. The zero-order valence-electron chi connectivity index (χ0n) is 10.6. The molecule has 1 aliphatic rings. The molecule has 0 amide bonds. The highest BCUT2D eigenvalue weighted by molar-refractivity contribution is 5.50. The van der Waals surface area contributed by atoms with Crippen LogP contribution in [-0.4, -0.2) is 0 Å². The van der Waals surface area contributed by atoms with Gasteiger partial charge in [-0.25, -0.2) is 0 Å². The molecule has 0 aromatic carbocycles. The van der Waals surface area contributed by atoms with E-state index in [1.165, 1.54) is 11.1 Å². The molecule has 1 aliphatic carbocycles. The molecule has 0 fully saturated rings. The zero-order valence-corrected chi connectivity index (χ0v) is 10.6. The molecule has 0 heterocycles. The fraction of sp³-hybridized carbons (Fsp3) is 0.400. The lowest BCUT2D eigenvalue weighted by atomic mass is 9.87. The maximum atomic E-state index is 8.69. The quantitative estimate of drug-likeness (QED) is 0.654. The van der Waals surface area contributed by atoms with Gasteiger partial charge in [-0.3, -0.25) is 0 Å². The summed E-state index contributed by atoms with van der Waals surface area (Å²) < 4.78 is 0. The molecule has 0 radical (unpaired) electrons. The summed E-state index contributed by atoms with van der Waals surface area (Å²) in [7, 11) is 0. The van der Waals surface area contributed by atoms with Gasteiger partial charge in [0.05, 0.1) is 12.5 Å². The summed E-state index contributed by atoms with van der Waals surface area (Å²) in [5.74, 6) is 0. The third-order valence-electron chi connectivity index (χ3n) is 2.37. The summed E-state index contributed by atoms with van der Waals surface area (Å²) in [6.07, 6.45) is 10.7. The normalized spacial score (nSPS) is 19.5. The van der Waals surface area contributed by atoms with Crippen molar-refractivity contribution in [3.63, 3.8) is 0 Å². The van der Waals surface area contributed by atoms with Crippen molar-refractivity contribution in [2.45, 2.75) is 40.0 Å². The molecular weight excluding hydrogens is 194 g/mol. The second-order valence-electron chi connectivity index (χ2n) is 3.23. The lowest BCUT2D eigenvalue weighted by Crippen LogP contribution is -2.00. The molecule has 0 aliphatic heterocycles. The molecule has 0 aromatic rings. The van der Waals surface area contributed by atoms with Gasteiger partial charge < -0.3 is 0 Å². The van der Waals surface area contributed by atoms with E-state index >= 15 is 0 Å². The molecule has 0 bridgehead atoms. The molecule has 1 nitrogen and oxygen atoms in total. The van der Waals surface area contributed by atoms with Crippen LogP contribution < -0.4 is 0 Å². The van der Waals surface area contributed by atoms with Crippen LogP contribution in [0.1, 0.15) is 40.0 Å². The summed E-state index contributed by atoms with van der Waals surface area (Å²) in [5.41, 5.74) is 3.68. The Kier molecular flexibility index (Phi) is 7.89. The summed E-state index contributed by atoms with van der Waals surface area (Å²) in [6, 6.07) is 2.20. The standard InChI is InChI=1S/C13H15N.C2H6/c1-3-6-11-7-5-8-12(9-10-14)13(11)4-2;1-2/h3-4,6,8H,1,5,7,9H2,2H3;1-2H3/b11-6-,13-4+;. The Balaban J connectivity index is 0.00000106. The van der Waals surface area contributed by atoms with Crippen LogP contribution >= 0.6 is 0 Å². The average molecular weight is 215 g/mol. The first-order valence-corrected chi connectivity index (χ1v) is 5.88. The molecule has 0 unspecified atom stereocenters. The van der Waals surface area contributed by atoms with Crippen LogP contribution in [0.2, 0.25) is 0 Å². The molecule has 1 heteroatoms. The Morgan fingerprint density at radius 2 is 2.19 bits per heavy atom. The van der Waals surface area contributed by atoms with E-state index in [0.717, 1.165) is 18.4 Å². The minimum absolute atomic E-state index is 0.508. The second-order valence-corrected chi connectivity index (χ2v) is 3.23. The number of rotatable bonds is 2. The first kappa shape index (κ1) is 14.5. The van der Waals surface area contributed by atoms with Crippen molar-refractivity contribution < 1.29 is 0 Å². The van der Waals surface area contributed by atoms with Crippen LogP contribution in [0.3, 0.4) is 0 Å². The van der Waals surface area contributed by atoms with E-state index in [9.17, 15) is 0 Å². The zero-order chi connectivity index (χ0) is 12.4. The van der Waals surface area contributed by atoms with Gasteiger partial charge in [0.2, 0.25) is 0 Å². The molecule has 0 atom stereocenters. The third-order valence-corrected chi connectivity index (χ3v) is 2.37. The van der Waals surface area contributed by atoms with Crippen molar-refractivity contribution in [3.8, 4) is 6.07 Å². The largest absolute Gasteiger partial charge is 0.198 e. The van der Waals surface area contributed by atoms with Gasteiger partial charge in [0.15, 0.2) is 0 Å². The molecule has 0 aromatic heterocycles. The van der Waals surface area contributed by atoms with Crippen LogP contribution in [0, 0.1) is 11.3 Å². The third kappa shape index (κ3) is 3.90. The van der Waals surface area contributed by atoms with E-state index in [1.807, 2.05) is 32.9 Å². The van der Waals surface area contributed by atoms with Gasteiger partial charge in [0.25, 0.3) is 0 Å². The monoisotopic (exact) mass is 215 g/mol. The van der Waals surface area contributed by atoms with Crippen molar-refractivity contribution in [3.05, 3.63) is 47.6 Å². The number of allylic oxidation sites excluding steroid dienone is 7. The van der Waals surface area contributed by atoms with Crippen molar-refractivity contribution in [1.29, 1.82) is 5.26 Å². The van der Waals surface area contributed by atoms with Crippen molar-refractivity contribution >= 4 is 0 Å². The molecule has 16 heavy (non-hydrogen) atoms. The minimum atomic E-state index is 0.508. The van der Waals surface area contributed by atoms with Crippen LogP contribution in [-0.2, 0) is 0 Å². The van der Waals surface area contributed by atoms with E-state index in [0.29, 0.717) is 6.42 Å². The summed E-state index contributed by atoms with van der Waals surface area (Å²) >= 11 is 0. The molecule has 0 N–H and O–H groups in total. The van der Waals surface area contributed by atoms with Gasteiger partial charge in [-0.15, -0.1) is 0 Å². The Bertz CT molecular complexity index is 348. The number of hydrogen-bond donors (Lipinski definition) is 0. The van der Waals surface area contributed by atoms with Crippen molar-refractivity contribution in [2.24, 2.45) is 0 Å². The Hall–Kier alpha value is -1.55. The van der Waals surface area contributed by atoms with E-state index in [2.05, 4.69) is 24.8 Å². The Morgan fingerprint density at radius 3 is 2.69 bits per heavy atom. The van der Waals surface area contributed by atoms with Crippen molar-refractivity contribution in [2.75, 3.05) is 0 Å². The molecule has 0 spiro atoms. The van der Waals surface area contributed by atoms with Gasteiger partial charge in [-0.05, 0) is 36.5 Å².